The Hall–Kier alpha value is -1.89. The van der Waals surface area contributed by atoms with Gasteiger partial charge in [-0.15, -0.1) is 0 Å². The van der Waals surface area contributed by atoms with Crippen molar-refractivity contribution in [3.8, 4) is 0 Å². The standard InChI is InChI=1S/C30H55N5O2/c1-4-5-6-7-8-9-11-14-17-20-23-31-24-21-18-15-12-10-13-16-19-22-25-35-29(36)27-28(32-26-33(27)2)34(3)30(35)37/h26,31H,4-25H2,1-3H3. The van der Waals surface area contributed by atoms with Crippen LogP contribution < -0.4 is 16.6 Å². The highest BCUT2D eigenvalue weighted by molar-refractivity contribution is 5.69. The van der Waals surface area contributed by atoms with Crippen LogP contribution in [0.3, 0.4) is 0 Å². The molecule has 0 aliphatic carbocycles. The van der Waals surface area contributed by atoms with E-state index in [1.54, 1.807) is 25.0 Å². The molecule has 2 aromatic heterocycles. The number of rotatable bonds is 23. The first-order valence-corrected chi connectivity index (χ1v) is 15.4. The second kappa shape index (κ2) is 19.2. The van der Waals surface area contributed by atoms with Gasteiger partial charge < -0.3 is 9.88 Å². The Bertz CT molecular complexity index is 975. The lowest BCUT2D eigenvalue weighted by molar-refractivity contribution is 0.510. The molecule has 0 aromatic carbocycles. The van der Waals surface area contributed by atoms with Gasteiger partial charge in [0.05, 0.1) is 6.33 Å². The zero-order chi connectivity index (χ0) is 26.7. The van der Waals surface area contributed by atoms with Gasteiger partial charge in [-0.1, -0.05) is 110 Å². The summed E-state index contributed by atoms with van der Waals surface area (Å²) in [7, 11) is 3.48. The number of nitrogens with one attached hydrogen (secondary N) is 1. The fourth-order valence-corrected chi connectivity index (χ4v) is 5.21. The van der Waals surface area contributed by atoms with Gasteiger partial charge in [0, 0.05) is 20.6 Å². The number of nitrogens with zero attached hydrogens (tertiary/aromatic N) is 4. The Morgan fingerprint density at radius 1 is 0.676 bits per heavy atom. The average molecular weight is 518 g/mol. The van der Waals surface area contributed by atoms with Crippen molar-refractivity contribution in [2.24, 2.45) is 14.1 Å². The first-order valence-electron chi connectivity index (χ1n) is 15.4. The Kier molecular flexibility index (Phi) is 16.3. The predicted molar refractivity (Wildman–Crippen MR) is 156 cm³/mol. The molecule has 2 aromatic rings. The van der Waals surface area contributed by atoms with Crippen LogP contribution in [0.4, 0.5) is 0 Å². The first kappa shape index (κ1) is 31.3. The highest BCUT2D eigenvalue weighted by atomic mass is 16.2. The average Bonchev–Trinajstić information content (AvgIpc) is 3.29. The van der Waals surface area contributed by atoms with Gasteiger partial charge in [0.1, 0.15) is 0 Å². The van der Waals surface area contributed by atoms with Gasteiger partial charge in [0.25, 0.3) is 5.56 Å². The SMILES string of the molecule is CCCCCCCCCCCCNCCCCCCCCCCCn1c(=O)c2c(ncn2C)n(C)c1=O. The molecule has 0 bridgehead atoms. The van der Waals surface area contributed by atoms with Crippen LogP contribution in [-0.2, 0) is 20.6 Å². The molecule has 7 nitrogen and oxygen atoms in total. The molecule has 0 fully saturated rings. The summed E-state index contributed by atoms with van der Waals surface area (Å²) in [5.41, 5.74) is 0.458. The number of aryl methyl sites for hydroxylation is 2. The van der Waals surface area contributed by atoms with E-state index in [0.717, 1.165) is 12.8 Å². The van der Waals surface area contributed by atoms with Crippen LogP contribution in [0, 0.1) is 0 Å². The Labute approximate surface area is 225 Å². The summed E-state index contributed by atoms with van der Waals surface area (Å²) in [6.07, 6.45) is 26.5. The Morgan fingerprint density at radius 2 is 1.14 bits per heavy atom. The van der Waals surface area contributed by atoms with Gasteiger partial charge in [-0.25, -0.2) is 9.78 Å². The maximum absolute atomic E-state index is 12.7. The molecular formula is C30H55N5O2. The molecule has 2 rings (SSSR count). The molecule has 0 unspecified atom stereocenters. The Morgan fingerprint density at radius 3 is 1.65 bits per heavy atom. The smallest absolute Gasteiger partial charge is 0.328 e. The van der Waals surface area contributed by atoms with Crippen LogP contribution in [0.15, 0.2) is 15.9 Å². The molecule has 0 radical (unpaired) electrons. The summed E-state index contributed by atoms with van der Waals surface area (Å²) < 4.78 is 4.54. The van der Waals surface area contributed by atoms with Gasteiger partial charge in [-0.2, -0.15) is 0 Å². The number of hydrogen-bond acceptors (Lipinski definition) is 4. The normalized spacial score (nSPS) is 11.6. The van der Waals surface area contributed by atoms with E-state index in [4.69, 9.17) is 0 Å². The largest absolute Gasteiger partial charge is 0.332 e. The number of aromatic nitrogens is 4. The molecule has 0 aliphatic heterocycles. The van der Waals surface area contributed by atoms with Crippen LogP contribution in [-0.4, -0.2) is 31.8 Å². The van der Waals surface area contributed by atoms with Crippen molar-refractivity contribution in [3.05, 3.63) is 27.2 Å². The minimum Gasteiger partial charge on any atom is -0.328 e. The summed E-state index contributed by atoms with van der Waals surface area (Å²) in [5, 5.41) is 3.62. The lowest BCUT2D eigenvalue weighted by Crippen LogP contribution is -2.39. The van der Waals surface area contributed by atoms with Crippen LogP contribution >= 0.6 is 0 Å². The van der Waals surface area contributed by atoms with Gasteiger partial charge >= 0.3 is 5.69 Å². The van der Waals surface area contributed by atoms with Gasteiger partial charge in [0.2, 0.25) is 0 Å². The summed E-state index contributed by atoms with van der Waals surface area (Å²) in [4.78, 5) is 29.4. The zero-order valence-corrected chi connectivity index (χ0v) is 24.2. The highest BCUT2D eigenvalue weighted by Gasteiger charge is 2.14. The minimum atomic E-state index is -0.269. The van der Waals surface area contributed by atoms with Crippen molar-refractivity contribution >= 4 is 11.2 Å². The lowest BCUT2D eigenvalue weighted by atomic mass is 10.1. The second-order valence-electron chi connectivity index (χ2n) is 10.9. The van der Waals surface area contributed by atoms with Crippen LogP contribution in [0.2, 0.25) is 0 Å². The maximum atomic E-state index is 12.7. The van der Waals surface area contributed by atoms with Crippen molar-refractivity contribution in [2.45, 2.75) is 135 Å². The molecule has 1 N–H and O–H groups in total. The molecule has 7 heteroatoms. The molecule has 37 heavy (non-hydrogen) atoms. The summed E-state index contributed by atoms with van der Waals surface area (Å²) in [5.74, 6) is 0. The minimum absolute atomic E-state index is 0.226. The molecule has 0 spiro atoms. The van der Waals surface area contributed by atoms with Crippen LogP contribution in [0.5, 0.6) is 0 Å². The zero-order valence-electron chi connectivity index (χ0n) is 24.2. The van der Waals surface area contributed by atoms with Crippen LogP contribution in [0.1, 0.15) is 129 Å². The van der Waals surface area contributed by atoms with E-state index in [1.165, 1.54) is 131 Å². The third-order valence-corrected chi connectivity index (χ3v) is 7.64. The quantitative estimate of drug-likeness (QED) is 0.172. The topological polar surface area (TPSA) is 73.8 Å². The Balaban J connectivity index is 1.37. The van der Waals surface area contributed by atoms with Crippen molar-refractivity contribution in [1.29, 1.82) is 0 Å². The summed E-state index contributed by atoms with van der Waals surface area (Å²) in [6, 6.07) is 0. The van der Waals surface area contributed by atoms with Crippen molar-refractivity contribution < 1.29 is 0 Å². The first-order chi connectivity index (χ1) is 18.1. The number of unbranched alkanes of at least 4 members (excludes halogenated alkanes) is 17. The van der Waals surface area contributed by atoms with Gasteiger partial charge in [-0.3, -0.25) is 13.9 Å². The third-order valence-electron chi connectivity index (χ3n) is 7.64. The van der Waals surface area contributed by atoms with E-state index in [0.29, 0.717) is 17.7 Å². The van der Waals surface area contributed by atoms with Crippen LogP contribution in [0.25, 0.3) is 11.2 Å². The molecular weight excluding hydrogens is 462 g/mol. The van der Waals surface area contributed by atoms with E-state index in [2.05, 4.69) is 17.2 Å². The molecule has 0 amide bonds. The molecule has 0 atom stereocenters. The predicted octanol–water partition coefficient (Wildman–Crippen LogP) is 6.46. The number of hydrogen-bond donors (Lipinski definition) is 1. The van der Waals surface area contributed by atoms with E-state index >= 15 is 0 Å². The molecule has 0 aliphatic rings. The number of imidazole rings is 1. The van der Waals surface area contributed by atoms with E-state index in [-0.39, 0.29) is 11.2 Å². The fourth-order valence-electron chi connectivity index (χ4n) is 5.21. The van der Waals surface area contributed by atoms with Gasteiger partial charge in [-0.05, 0) is 32.4 Å². The highest BCUT2D eigenvalue weighted by Crippen LogP contribution is 2.11. The van der Waals surface area contributed by atoms with E-state index in [9.17, 15) is 9.59 Å². The summed E-state index contributed by atoms with van der Waals surface area (Å²) in [6.45, 7) is 5.12. The maximum Gasteiger partial charge on any atom is 0.332 e. The molecule has 0 saturated heterocycles. The fraction of sp³-hybridized carbons (Fsp3) is 0.833. The van der Waals surface area contributed by atoms with E-state index in [1.807, 2.05) is 0 Å². The van der Waals surface area contributed by atoms with Crippen molar-refractivity contribution in [2.75, 3.05) is 13.1 Å². The van der Waals surface area contributed by atoms with Gasteiger partial charge in [0.15, 0.2) is 11.2 Å². The second-order valence-corrected chi connectivity index (χ2v) is 10.9. The monoisotopic (exact) mass is 517 g/mol. The molecule has 0 saturated carbocycles. The molecule has 2 heterocycles. The van der Waals surface area contributed by atoms with Crippen molar-refractivity contribution in [3.63, 3.8) is 0 Å². The lowest BCUT2D eigenvalue weighted by Gasteiger charge is -2.08. The van der Waals surface area contributed by atoms with Crippen molar-refractivity contribution in [1.82, 2.24) is 24.0 Å². The molecule has 212 valence electrons. The summed E-state index contributed by atoms with van der Waals surface area (Å²) >= 11 is 0. The third kappa shape index (κ3) is 11.6. The van der Waals surface area contributed by atoms with E-state index < -0.39 is 0 Å². The number of fused-ring (bicyclic) bond motifs is 1.